The number of pyridine rings is 1. The van der Waals surface area contributed by atoms with Crippen LogP contribution in [0.25, 0.3) is 0 Å². The van der Waals surface area contributed by atoms with E-state index in [4.69, 9.17) is 4.74 Å². The number of hydrogen-bond donors (Lipinski definition) is 0. The van der Waals surface area contributed by atoms with Crippen LogP contribution in [-0.2, 0) is 6.42 Å². The fourth-order valence-corrected chi connectivity index (χ4v) is 1.71. The molecule has 0 atom stereocenters. The molecule has 0 saturated carbocycles. The molecule has 0 spiro atoms. The molecular weight excluding hydrogens is 226 g/mol. The van der Waals surface area contributed by atoms with Gasteiger partial charge in [0, 0.05) is 12.4 Å². The van der Waals surface area contributed by atoms with Gasteiger partial charge in [-0.3, -0.25) is 9.78 Å². The Morgan fingerprint density at radius 1 is 1.17 bits per heavy atom. The third kappa shape index (κ3) is 3.42. The summed E-state index contributed by atoms with van der Waals surface area (Å²) < 4.78 is 5.60. The molecule has 3 nitrogen and oxygen atoms in total. The number of para-hydroxylation sites is 1. The number of aromatic nitrogens is 1. The summed E-state index contributed by atoms with van der Waals surface area (Å²) in [7, 11) is 0. The van der Waals surface area contributed by atoms with Crippen LogP contribution in [0.1, 0.15) is 22.3 Å². The summed E-state index contributed by atoms with van der Waals surface area (Å²) in [5.74, 6) is 0.652. The van der Waals surface area contributed by atoms with Crippen LogP contribution >= 0.6 is 0 Å². The van der Waals surface area contributed by atoms with Gasteiger partial charge in [-0.2, -0.15) is 0 Å². The van der Waals surface area contributed by atoms with Crippen LogP contribution in [-0.4, -0.2) is 17.9 Å². The Morgan fingerprint density at radius 3 is 2.83 bits per heavy atom. The molecular formula is C15H15NO2. The summed E-state index contributed by atoms with van der Waals surface area (Å²) in [6, 6.07) is 11.2. The zero-order valence-electron chi connectivity index (χ0n) is 10.1. The van der Waals surface area contributed by atoms with Gasteiger partial charge in [0.15, 0.2) is 6.29 Å². The second-order valence-corrected chi connectivity index (χ2v) is 3.97. The first kappa shape index (κ1) is 12.3. The van der Waals surface area contributed by atoms with Crippen LogP contribution in [0, 0.1) is 0 Å². The van der Waals surface area contributed by atoms with Gasteiger partial charge in [0.25, 0.3) is 0 Å². The number of aryl methyl sites for hydroxylation is 1. The molecule has 18 heavy (non-hydrogen) atoms. The quantitative estimate of drug-likeness (QED) is 0.576. The SMILES string of the molecule is O=Cc1ccccc1OCCCc1cccnc1. The van der Waals surface area contributed by atoms with E-state index in [1.54, 1.807) is 12.3 Å². The van der Waals surface area contributed by atoms with Crippen molar-refractivity contribution >= 4 is 6.29 Å². The minimum Gasteiger partial charge on any atom is -0.493 e. The summed E-state index contributed by atoms with van der Waals surface area (Å²) in [5, 5.41) is 0. The highest BCUT2D eigenvalue weighted by Gasteiger charge is 2.01. The molecule has 1 aromatic carbocycles. The van der Waals surface area contributed by atoms with E-state index in [1.807, 2.05) is 36.5 Å². The summed E-state index contributed by atoms with van der Waals surface area (Å²) in [6.07, 6.45) is 6.27. The molecule has 0 aliphatic heterocycles. The zero-order valence-corrected chi connectivity index (χ0v) is 10.1. The molecule has 1 heterocycles. The van der Waals surface area contributed by atoms with Crippen molar-refractivity contribution < 1.29 is 9.53 Å². The monoisotopic (exact) mass is 241 g/mol. The number of rotatable bonds is 6. The van der Waals surface area contributed by atoms with Gasteiger partial charge < -0.3 is 4.74 Å². The predicted molar refractivity (Wildman–Crippen MR) is 69.9 cm³/mol. The molecule has 0 aliphatic carbocycles. The Hall–Kier alpha value is -2.16. The molecule has 0 saturated heterocycles. The van der Waals surface area contributed by atoms with Gasteiger partial charge in [-0.15, -0.1) is 0 Å². The summed E-state index contributed by atoms with van der Waals surface area (Å²) in [5.41, 5.74) is 1.80. The van der Waals surface area contributed by atoms with Crippen LogP contribution in [0.3, 0.4) is 0 Å². The molecule has 2 rings (SSSR count). The minimum absolute atomic E-state index is 0.596. The highest BCUT2D eigenvalue weighted by atomic mass is 16.5. The first-order chi connectivity index (χ1) is 8.90. The van der Waals surface area contributed by atoms with Gasteiger partial charge in [0.1, 0.15) is 5.75 Å². The maximum Gasteiger partial charge on any atom is 0.153 e. The van der Waals surface area contributed by atoms with Gasteiger partial charge in [0.2, 0.25) is 0 Å². The predicted octanol–water partition coefficient (Wildman–Crippen LogP) is 2.91. The average Bonchev–Trinajstić information content (AvgIpc) is 2.45. The van der Waals surface area contributed by atoms with Gasteiger partial charge in [-0.25, -0.2) is 0 Å². The highest BCUT2D eigenvalue weighted by molar-refractivity contribution is 5.79. The van der Waals surface area contributed by atoms with Crippen LogP contribution in [0.5, 0.6) is 5.75 Å². The lowest BCUT2D eigenvalue weighted by molar-refractivity contribution is 0.111. The number of hydrogen-bond acceptors (Lipinski definition) is 3. The summed E-state index contributed by atoms with van der Waals surface area (Å²) in [6.45, 7) is 0.597. The van der Waals surface area contributed by atoms with E-state index >= 15 is 0 Å². The third-order valence-electron chi connectivity index (χ3n) is 2.64. The number of benzene rings is 1. The molecule has 0 bridgehead atoms. The van der Waals surface area contributed by atoms with Gasteiger partial charge in [0.05, 0.1) is 12.2 Å². The van der Waals surface area contributed by atoms with Crippen LogP contribution in [0.4, 0.5) is 0 Å². The Bertz CT molecular complexity index is 497. The van der Waals surface area contributed by atoms with Gasteiger partial charge in [-0.05, 0) is 36.6 Å². The van der Waals surface area contributed by atoms with Crippen molar-refractivity contribution in [3.8, 4) is 5.75 Å². The molecule has 0 N–H and O–H groups in total. The zero-order chi connectivity index (χ0) is 12.6. The van der Waals surface area contributed by atoms with Crippen molar-refractivity contribution in [1.29, 1.82) is 0 Å². The van der Waals surface area contributed by atoms with E-state index < -0.39 is 0 Å². The Kier molecular flexibility index (Phi) is 4.47. The molecule has 1 aromatic heterocycles. The maximum atomic E-state index is 10.8. The van der Waals surface area contributed by atoms with Crippen molar-refractivity contribution in [3.05, 3.63) is 59.9 Å². The molecule has 0 unspecified atom stereocenters. The minimum atomic E-state index is 0.596. The van der Waals surface area contributed by atoms with Crippen molar-refractivity contribution in [2.75, 3.05) is 6.61 Å². The molecule has 0 radical (unpaired) electrons. The smallest absolute Gasteiger partial charge is 0.153 e. The molecule has 0 amide bonds. The van der Waals surface area contributed by atoms with Crippen LogP contribution in [0.15, 0.2) is 48.8 Å². The topological polar surface area (TPSA) is 39.2 Å². The van der Waals surface area contributed by atoms with E-state index in [0.717, 1.165) is 19.1 Å². The number of ether oxygens (including phenoxy) is 1. The number of carbonyl (C=O) groups excluding carboxylic acids is 1. The Morgan fingerprint density at radius 2 is 2.06 bits per heavy atom. The lowest BCUT2D eigenvalue weighted by Crippen LogP contribution is -2.01. The van der Waals surface area contributed by atoms with Gasteiger partial charge >= 0.3 is 0 Å². The summed E-state index contributed by atoms with van der Waals surface area (Å²) in [4.78, 5) is 14.9. The summed E-state index contributed by atoms with van der Waals surface area (Å²) >= 11 is 0. The Balaban J connectivity index is 1.80. The average molecular weight is 241 g/mol. The lowest BCUT2D eigenvalue weighted by atomic mass is 10.2. The largest absolute Gasteiger partial charge is 0.493 e. The molecule has 0 fully saturated rings. The first-order valence-electron chi connectivity index (χ1n) is 5.96. The fourth-order valence-electron chi connectivity index (χ4n) is 1.71. The number of aldehydes is 1. The molecule has 3 heteroatoms. The first-order valence-corrected chi connectivity index (χ1v) is 5.96. The molecule has 0 aliphatic rings. The van der Waals surface area contributed by atoms with E-state index in [2.05, 4.69) is 4.98 Å². The van der Waals surface area contributed by atoms with Gasteiger partial charge in [-0.1, -0.05) is 18.2 Å². The molecule has 2 aromatic rings. The van der Waals surface area contributed by atoms with Crippen molar-refractivity contribution in [3.63, 3.8) is 0 Å². The van der Waals surface area contributed by atoms with Crippen LogP contribution < -0.4 is 4.74 Å². The van der Waals surface area contributed by atoms with Crippen molar-refractivity contribution in [2.24, 2.45) is 0 Å². The second kappa shape index (κ2) is 6.55. The van der Waals surface area contributed by atoms with E-state index in [0.29, 0.717) is 17.9 Å². The van der Waals surface area contributed by atoms with Crippen LogP contribution in [0.2, 0.25) is 0 Å². The third-order valence-corrected chi connectivity index (χ3v) is 2.64. The van der Waals surface area contributed by atoms with Crippen molar-refractivity contribution in [2.45, 2.75) is 12.8 Å². The normalized spacial score (nSPS) is 10.0. The lowest BCUT2D eigenvalue weighted by Gasteiger charge is -2.07. The highest BCUT2D eigenvalue weighted by Crippen LogP contribution is 2.15. The van der Waals surface area contributed by atoms with Crippen molar-refractivity contribution in [1.82, 2.24) is 4.98 Å². The maximum absolute atomic E-state index is 10.8. The van der Waals surface area contributed by atoms with E-state index in [1.165, 1.54) is 5.56 Å². The van der Waals surface area contributed by atoms with E-state index in [9.17, 15) is 4.79 Å². The number of nitrogens with zero attached hydrogens (tertiary/aromatic N) is 1. The second-order valence-electron chi connectivity index (χ2n) is 3.97. The number of carbonyl (C=O) groups is 1. The molecule has 92 valence electrons. The Labute approximate surface area is 106 Å². The fraction of sp³-hybridized carbons (Fsp3) is 0.200. The van der Waals surface area contributed by atoms with E-state index in [-0.39, 0.29) is 0 Å². The standard InChI is InChI=1S/C15H15NO2/c17-12-14-7-1-2-8-15(14)18-10-4-6-13-5-3-9-16-11-13/h1-3,5,7-9,11-12H,4,6,10H2.